The van der Waals surface area contributed by atoms with E-state index in [2.05, 4.69) is 10.2 Å². The number of nitro groups is 2. The predicted octanol–water partition coefficient (Wildman–Crippen LogP) is 3.72. The van der Waals surface area contributed by atoms with Crippen molar-refractivity contribution in [1.82, 2.24) is 14.8 Å². The first kappa shape index (κ1) is 26.0. The third-order valence-corrected chi connectivity index (χ3v) is 5.85. The number of nitrogens with zero attached hydrogens (tertiary/aromatic N) is 5. The van der Waals surface area contributed by atoms with Crippen molar-refractivity contribution >= 4 is 35.2 Å². The molecular formula is C21H19N5O9S. The number of aromatic hydroxyl groups is 1. The monoisotopic (exact) mass is 517 g/mol. The summed E-state index contributed by atoms with van der Waals surface area (Å²) in [6.45, 7) is 2.12. The van der Waals surface area contributed by atoms with Crippen LogP contribution < -0.4 is 9.47 Å². The minimum Gasteiger partial charge on any atom is -0.502 e. The molecule has 0 atom stereocenters. The molecule has 3 rings (SSSR count). The SMILES string of the molecule is CCn1c(S/C(=C\c2cc([N+](=O)[O-])cc([N+](=O)[O-])c2O)C(=O)O)nnc1-c1cc(OC)cc(OC)c1. The lowest BCUT2D eigenvalue weighted by Gasteiger charge is -2.10. The number of carbonyl (C=O) groups is 1. The lowest BCUT2D eigenvalue weighted by molar-refractivity contribution is -0.394. The Hall–Kier alpha value is -4.66. The normalized spacial score (nSPS) is 11.2. The smallest absolute Gasteiger partial charge is 0.342 e. The first-order chi connectivity index (χ1) is 17.1. The average molecular weight is 517 g/mol. The third-order valence-electron chi connectivity index (χ3n) is 4.85. The molecule has 0 saturated carbocycles. The quantitative estimate of drug-likeness (QED) is 0.171. The molecule has 36 heavy (non-hydrogen) atoms. The summed E-state index contributed by atoms with van der Waals surface area (Å²) >= 11 is 0.653. The van der Waals surface area contributed by atoms with Crippen molar-refractivity contribution in [3.8, 4) is 28.6 Å². The number of methoxy groups -OCH3 is 2. The van der Waals surface area contributed by atoms with Crippen LogP contribution in [0.4, 0.5) is 11.4 Å². The summed E-state index contributed by atoms with van der Waals surface area (Å²) in [7, 11) is 2.98. The van der Waals surface area contributed by atoms with Gasteiger partial charge in [0.15, 0.2) is 11.0 Å². The first-order valence-corrected chi connectivity index (χ1v) is 10.9. The van der Waals surface area contributed by atoms with Gasteiger partial charge in [0.05, 0.1) is 30.1 Å². The maximum Gasteiger partial charge on any atom is 0.342 e. The maximum absolute atomic E-state index is 12.0. The van der Waals surface area contributed by atoms with Crippen molar-refractivity contribution in [1.29, 1.82) is 0 Å². The lowest BCUT2D eigenvalue weighted by Crippen LogP contribution is -2.03. The van der Waals surface area contributed by atoms with E-state index in [-0.39, 0.29) is 5.16 Å². The maximum atomic E-state index is 12.0. The fraction of sp³-hybridized carbons (Fsp3) is 0.190. The van der Waals surface area contributed by atoms with Crippen LogP contribution in [-0.4, -0.2) is 55.0 Å². The first-order valence-electron chi connectivity index (χ1n) is 10.0. The fourth-order valence-corrected chi connectivity index (χ4v) is 4.03. The third kappa shape index (κ3) is 5.35. The Bertz CT molecular complexity index is 1360. The number of thioether (sulfide) groups is 1. The molecule has 3 aromatic rings. The summed E-state index contributed by atoms with van der Waals surface area (Å²) in [4.78, 5) is 32.1. The van der Waals surface area contributed by atoms with Crippen LogP contribution in [0.5, 0.6) is 17.2 Å². The van der Waals surface area contributed by atoms with Gasteiger partial charge < -0.3 is 24.3 Å². The molecule has 14 nitrogen and oxygen atoms in total. The zero-order valence-electron chi connectivity index (χ0n) is 19.1. The summed E-state index contributed by atoms with van der Waals surface area (Å²) in [6.07, 6.45) is 0.894. The Labute approximate surface area is 207 Å². The molecule has 0 bridgehead atoms. The lowest BCUT2D eigenvalue weighted by atomic mass is 10.1. The highest BCUT2D eigenvalue weighted by atomic mass is 32.2. The van der Waals surface area contributed by atoms with E-state index in [9.17, 15) is 35.2 Å². The number of non-ortho nitro benzene ring substituents is 1. The van der Waals surface area contributed by atoms with Crippen LogP contribution in [0.1, 0.15) is 12.5 Å². The molecule has 0 aliphatic heterocycles. The second-order valence-electron chi connectivity index (χ2n) is 6.98. The van der Waals surface area contributed by atoms with Gasteiger partial charge in [-0.15, -0.1) is 10.2 Å². The molecule has 1 aromatic heterocycles. The van der Waals surface area contributed by atoms with E-state index in [1.54, 1.807) is 29.7 Å². The highest BCUT2D eigenvalue weighted by molar-refractivity contribution is 8.04. The van der Waals surface area contributed by atoms with Gasteiger partial charge in [0, 0.05) is 29.8 Å². The van der Waals surface area contributed by atoms with Gasteiger partial charge in [0.25, 0.3) is 5.69 Å². The number of phenolic OH excluding ortho intramolecular Hbond substituents is 1. The molecule has 0 amide bonds. The van der Waals surface area contributed by atoms with E-state index in [1.165, 1.54) is 14.2 Å². The molecule has 188 valence electrons. The van der Waals surface area contributed by atoms with Crippen molar-refractivity contribution in [3.63, 3.8) is 0 Å². The summed E-state index contributed by atoms with van der Waals surface area (Å²) in [5.74, 6) is -0.984. The molecule has 15 heteroatoms. The Morgan fingerprint density at radius 1 is 1.08 bits per heavy atom. The summed E-state index contributed by atoms with van der Waals surface area (Å²) < 4.78 is 12.2. The number of aliphatic carboxylic acids is 1. The van der Waals surface area contributed by atoms with Crippen LogP contribution in [0.25, 0.3) is 17.5 Å². The zero-order chi connectivity index (χ0) is 26.6. The molecular weight excluding hydrogens is 498 g/mol. The Morgan fingerprint density at radius 3 is 2.22 bits per heavy atom. The van der Waals surface area contributed by atoms with Crippen molar-refractivity contribution in [2.45, 2.75) is 18.6 Å². The minimum absolute atomic E-state index is 0.155. The molecule has 2 N–H and O–H groups in total. The second-order valence-corrected chi connectivity index (χ2v) is 7.99. The van der Waals surface area contributed by atoms with E-state index in [0.717, 1.165) is 12.1 Å². The van der Waals surface area contributed by atoms with Crippen molar-refractivity contribution < 1.29 is 34.3 Å². The molecule has 2 aromatic carbocycles. The summed E-state index contributed by atoms with van der Waals surface area (Å²) in [6, 6.07) is 6.48. The number of carboxylic acids is 1. The van der Waals surface area contributed by atoms with Crippen LogP contribution in [-0.2, 0) is 11.3 Å². The van der Waals surface area contributed by atoms with Gasteiger partial charge in [0.1, 0.15) is 16.4 Å². The van der Waals surface area contributed by atoms with Crippen LogP contribution in [0.2, 0.25) is 0 Å². The van der Waals surface area contributed by atoms with Gasteiger partial charge in [-0.05, 0) is 36.9 Å². The number of hydrogen-bond acceptors (Lipinski definition) is 11. The Morgan fingerprint density at radius 2 is 1.72 bits per heavy atom. The van der Waals surface area contributed by atoms with E-state index in [0.29, 0.717) is 47.3 Å². The number of benzene rings is 2. The van der Waals surface area contributed by atoms with Crippen molar-refractivity contribution in [2.75, 3.05) is 14.2 Å². The van der Waals surface area contributed by atoms with Crippen molar-refractivity contribution in [3.05, 3.63) is 61.0 Å². The fourth-order valence-electron chi connectivity index (χ4n) is 3.15. The molecule has 1 heterocycles. The van der Waals surface area contributed by atoms with Gasteiger partial charge >= 0.3 is 11.7 Å². The minimum atomic E-state index is -1.45. The van der Waals surface area contributed by atoms with E-state index in [1.807, 2.05) is 0 Å². The molecule has 0 saturated heterocycles. The van der Waals surface area contributed by atoms with Gasteiger partial charge in [-0.3, -0.25) is 20.2 Å². The number of phenols is 1. The predicted molar refractivity (Wildman–Crippen MR) is 127 cm³/mol. The standard InChI is InChI=1S/C21H19N5O9S/c1-4-24-19(12-6-14(34-2)10-15(7-12)35-3)22-23-21(24)36-17(20(28)29)8-11-5-13(25(30)31)9-16(18(11)27)26(32)33/h5-10,27H,4H2,1-3H3,(H,28,29)/b17-8-. The van der Waals surface area contributed by atoms with Crippen LogP contribution in [0.15, 0.2) is 40.4 Å². The Kier molecular flexibility index (Phi) is 7.73. The molecule has 0 fully saturated rings. The van der Waals surface area contributed by atoms with E-state index >= 15 is 0 Å². The van der Waals surface area contributed by atoms with Crippen molar-refractivity contribution in [2.24, 2.45) is 0 Å². The van der Waals surface area contributed by atoms with E-state index < -0.39 is 43.4 Å². The second kappa shape index (κ2) is 10.7. The average Bonchev–Trinajstić information content (AvgIpc) is 3.26. The molecule has 0 unspecified atom stereocenters. The van der Waals surface area contributed by atoms with Gasteiger partial charge in [-0.25, -0.2) is 4.79 Å². The number of aromatic nitrogens is 3. The highest BCUT2D eigenvalue weighted by Gasteiger charge is 2.25. The molecule has 0 spiro atoms. The molecule has 0 aliphatic carbocycles. The topological polar surface area (TPSA) is 193 Å². The summed E-state index contributed by atoms with van der Waals surface area (Å²) in [5, 5.41) is 50.8. The number of carboxylic acid groups (broad SMARTS) is 1. The summed E-state index contributed by atoms with van der Waals surface area (Å²) in [5.41, 5.74) is -1.45. The number of hydrogen-bond donors (Lipinski definition) is 2. The van der Waals surface area contributed by atoms with E-state index in [4.69, 9.17) is 9.47 Å². The van der Waals surface area contributed by atoms with Gasteiger partial charge in [-0.1, -0.05) is 0 Å². The molecule has 0 radical (unpaired) electrons. The highest BCUT2D eigenvalue weighted by Crippen LogP contribution is 2.38. The Balaban J connectivity index is 2.10. The number of ether oxygens (including phenoxy) is 2. The number of nitro benzene ring substituents is 2. The number of rotatable bonds is 10. The van der Waals surface area contributed by atoms with Crippen LogP contribution >= 0.6 is 11.8 Å². The van der Waals surface area contributed by atoms with Gasteiger partial charge in [0.2, 0.25) is 5.75 Å². The van der Waals surface area contributed by atoms with Crippen LogP contribution in [0.3, 0.4) is 0 Å². The van der Waals surface area contributed by atoms with Gasteiger partial charge in [-0.2, -0.15) is 0 Å². The largest absolute Gasteiger partial charge is 0.502 e. The molecule has 0 aliphatic rings. The van der Waals surface area contributed by atoms with Crippen LogP contribution in [0, 0.1) is 20.2 Å². The zero-order valence-corrected chi connectivity index (χ0v) is 19.9.